The molecule has 0 aliphatic carbocycles. The highest BCUT2D eigenvalue weighted by molar-refractivity contribution is 5.69. The molecule has 2 rings (SSSR count). The van der Waals surface area contributed by atoms with Crippen LogP contribution in [0.25, 0.3) is 11.3 Å². The Balaban J connectivity index is 2.48. The first kappa shape index (κ1) is 9.77. The number of benzene rings is 1. The molecule has 1 aromatic carbocycles. The second-order valence-corrected chi connectivity index (χ2v) is 3.35. The van der Waals surface area contributed by atoms with E-state index in [4.69, 9.17) is 4.74 Å². The normalized spacial score (nSPS) is 10.3. The zero-order valence-electron chi connectivity index (χ0n) is 8.95. The zero-order valence-corrected chi connectivity index (χ0v) is 8.95. The fraction of sp³-hybridized carbons (Fsp3) is 0.250. The van der Waals surface area contributed by atoms with Crippen LogP contribution in [-0.2, 0) is 0 Å². The summed E-state index contributed by atoms with van der Waals surface area (Å²) in [6.07, 6.45) is 1.89. The first-order valence-corrected chi connectivity index (χ1v) is 5.05. The van der Waals surface area contributed by atoms with Gasteiger partial charge in [-0.2, -0.15) is 5.10 Å². The third-order valence-corrected chi connectivity index (χ3v) is 2.27. The summed E-state index contributed by atoms with van der Waals surface area (Å²) in [5.74, 6) is 0.884. The molecule has 0 bridgehead atoms. The summed E-state index contributed by atoms with van der Waals surface area (Å²) in [4.78, 5) is 0. The predicted molar refractivity (Wildman–Crippen MR) is 59.9 cm³/mol. The molecule has 0 aliphatic rings. The van der Waals surface area contributed by atoms with Crippen LogP contribution in [0, 0.1) is 6.92 Å². The molecule has 1 N–H and O–H groups in total. The van der Waals surface area contributed by atoms with Crippen LogP contribution >= 0.6 is 0 Å². The largest absolute Gasteiger partial charge is 0.493 e. The smallest absolute Gasteiger partial charge is 0.128 e. The Bertz CT molecular complexity index is 448. The van der Waals surface area contributed by atoms with Crippen LogP contribution in [0.15, 0.2) is 30.5 Å². The molecule has 3 nitrogen and oxygen atoms in total. The number of aromatic nitrogens is 2. The van der Waals surface area contributed by atoms with Gasteiger partial charge in [-0.1, -0.05) is 12.1 Å². The lowest BCUT2D eigenvalue weighted by atomic mass is 10.1. The molecule has 0 radical (unpaired) electrons. The number of hydrogen-bond acceptors (Lipinski definition) is 2. The highest BCUT2D eigenvalue weighted by Crippen LogP contribution is 2.29. The van der Waals surface area contributed by atoms with E-state index >= 15 is 0 Å². The van der Waals surface area contributed by atoms with Crippen molar-refractivity contribution in [3.8, 4) is 17.0 Å². The van der Waals surface area contributed by atoms with Gasteiger partial charge in [-0.3, -0.25) is 5.10 Å². The summed E-state index contributed by atoms with van der Waals surface area (Å²) in [5.41, 5.74) is 3.12. The van der Waals surface area contributed by atoms with Crippen molar-refractivity contribution in [1.29, 1.82) is 0 Å². The molecular formula is C12H14N2O. The van der Waals surface area contributed by atoms with Crippen LogP contribution in [0.3, 0.4) is 0 Å². The first-order chi connectivity index (χ1) is 7.33. The number of nitrogens with zero attached hydrogens (tertiary/aromatic N) is 1. The molecule has 0 amide bonds. The molecule has 0 spiro atoms. The lowest BCUT2D eigenvalue weighted by molar-refractivity contribution is 0.341. The van der Waals surface area contributed by atoms with Crippen molar-refractivity contribution in [2.75, 3.05) is 6.61 Å². The SMILES string of the molecule is CCOc1ccccc1-c1n[nH]cc1C. The van der Waals surface area contributed by atoms with Crippen molar-refractivity contribution < 1.29 is 4.74 Å². The van der Waals surface area contributed by atoms with E-state index in [2.05, 4.69) is 10.2 Å². The lowest BCUT2D eigenvalue weighted by Crippen LogP contribution is -1.94. The summed E-state index contributed by atoms with van der Waals surface area (Å²) < 4.78 is 5.56. The minimum absolute atomic E-state index is 0.667. The Labute approximate surface area is 89.1 Å². The van der Waals surface area contributed by atoms with E-state index in [1.807, 2.05) is 44.3 Å². The van der Waals surface area contributed by atoms with Crippen molar-refractivity contribution in [3.05, 3.63) is 36.0 Å². The predicted octanol–water partition coefficient (Wildman–Crippen LogP) is 2.78. The summed E-state index contributed by atoms with van der Waals surface area (Å²) >= 11 is 0. The summed E-state index contributed by atoms with van der Waals surface area (Å²) in [5, 5.41) is 7.08. The molecule has 0 saturated heterocycles. The van der Waals surface area contributed by atoms with E-state index < -0.39 is 0 Å². The van der Waals surface area contributed by atoms with Gasteiger partial charge in [0.15, 0.2) is 0 Å². The minimum Gasteiger partial charge on any atom is -0.493 e. The topological polar surface area (TPSA) is 37.9 Å². The lowest BCUT2D eigenvalue weighted by Gasteiger charge is -2.08. The maximum Gasteiger partial charge on any atom is 0.128 e. The van der Waals surface area contributed by atoms with Gasteiger partial charge < -0.3 is 4.74 Å². The molecule has 0 fully saturated rings. The molecule has 78 valence electrons. The number of aromatic amines is 1. The third-order valence-electron chi connectivity index (χ3n) is 2.27. The molecule has 0 aliphatic heterocycles. The molecule has 0 atom stereocenters. The monoisotopic (exact) mass is 202 g/mol. The van der Waals surface area contributed by atoms with Crippen molar-refractivity contribution >= 4 is 0 Å². The van der Waals surface area contributed by atoms with Gasteiger partial charge in [0.05, 0.1) is 12.3 Å². The van der Waals surface area contributed by atoms with Gasteiger partial charge in [0.2, 0.25) is 0 Å². The Morgan fingerprint density at radius 3 is 2.80 bits per heavy atom. The highest BCUT2D eigenvalue weighted by atomic mass is 16.5. The number of H-pyrrole nitrogens is 1. The fourth-order valence-electron chi connectivity index (χ4n) is 1.57. The number of nitrogens with one attached hydrogen (secondary N) is 1. The van der Waals surface area contributed by atoms with E-state index in [-0.39, 0.29) is 0 Å². The average Bonchev–Trinajstić information content (AvgIpc) is 2.66. The van der Waals surface area contributed by atoms with Crippen molar-refractivity contribution in [1.82, 2.24) is 10.2 Å². The summed E-state index contributed by atoms with van der Waals surface area (Å²) in [7, 11) is 0. The average molecular weight is 202 g/mol. The van der Waals surface area contributed by atoms with E-state index in [1.54, 1.807) is 0 Å². The number of aryl methyl sites for hydroxylation is 1. The van der Waals surface area contributed by atoms with Gasteiger partial charge in [-0.15, -0.1) is 0 Å². The maximum atomic E-state index is 5.56. The van der Waals surface area contributed by atoms with E-state index in [9.17, 15) is 0 Å². The second-order valence-electron chi connectivity index (χ2n) is 3.35. The van der Waals surface area contributed by atoms with Crippen molar-refractivity contribution in [3.63, 3.8) is 0 Å². The van der Waals surface area contributed by atoms with Crippen LogP contribution in [-0.4, -0.2) is 16.8 Å². The molecule has 15 heavy (non-hydrogen) atoms. The molecule has 0 saturated carbocycles. The Morgan fingerprint density at radius 2 is 2.13 bits per heavy atom. The van der Waals surface area contributed by atoms with Crippen LogP contribution < -0.4 is 4.74 Å². The van der Waals surface area contributed by atoms with Crippen LogP contribution in [0.2, 0.25) is 0 Å². The Morgan fingerprint density at radius 1 is 1.33 bits per heavy atom. The van der Waals surface area contributed by atoms with Crippen molar-refractivity contribution in [2.45, 2.75) is 13.8 Å². The number of ether oxygens (including phenoxy) is 1. The van der Waals surface area contributed by atoms with E-state index in [1.165, 1.54) is 0 Å². The Hall–Kier alpha value is -1.77. The Kier molecular flexibility index (Phi) is 2.72. The van der Waals surface area contributed by atoms with E-state index in [0.717, 1.165) is 22.6 Å². The molecule has 0 unspecified atom stereocenters. The number of hydrogen-bond donors (Lipinski definition) is 1. The first-order valence-electron chi connectivity index (χ1n) is 5.05. The van der Waals surface area contributed by atoms with Gasteiger partial charge >= 0.3 is 0 Å². The van der Waals surface area contributed by atoms with Gasteiger partial charge in [-0.05, 0) is 31.5 Å². The van der Waals surface area contributed by atoms with Gasteiger partial charge in [0.1, 0.15) is 5.75 Å². The molecule has 1 aromatic heterocycles. The zero-order chi connectivity index (χ0) is 10.7. The standard InChI is InChI=1S/C12H14N2O/c1-3-15-11-7-5-4-6-10(11)12-9(2)8-13-14-12/h4-8H,3H2,1-2H3,(H,13,14). The second kappa shape index (κ2) is 4.17. The van der Waals surface area contributed by atoms with Crippen LogP contribution in [0.4, 0.5) is 0 Å². The van der Waals surface area contributed by atoms with Crippen molar-refractivity contribution in [2.24, 2.45) is 0 Å². The van der Waals surface area contributed by atoms with Crippen LogP contribution in [0.5, 0.6) is 5.75 Å². The summed E-state index contributed by atoms with van der Waals surface area (Å²) in [6, 6.07) is 7.95. The van der Waals surface area contributed by atoms with E-state index in [0.29, 0.717) is 6.61 Å². The van der Waals surface area contributed by atoms with Gasteiger partial charge in [0, 0.05) is 11.8 Å². The number of para-hydroxylation sites is 1. The maximum absolute atomic E-state index is 5.56. The summed E-state index contributed by atoms with van der Waals surface area (Å²) in [6.45, 7) is 4.68. The molecule has 1 heterocycles. The van der Waals surface area contributed by atoms with Gasteiger partial charge in [-0.25, -0.2) is 0 Å². The van der Waals surface area contributed by atoms with Crippen LogP contribution in [0.1, 0.15) is 12.5 Å². The minimum atomic E-state index is 0.667. The quantitative estimate of drug-likeness (QED) is 0.831. The number of rotatable bonds is 3. The molecule has 3 heteroatoms. The fourth-order valence-corrected chi connectivity index (χ4v) is 1.57. The molecule has 2 aromatic rings. The highest BCUT2D eigenvalue weighted by Gasteiger charge is 2.09. The van der Waals surface area contributed by atoms with Gasteiger partial charge in [0.25, 0.3) is 0 Å². The third kappa shape index (κ3) is 1.86. The molecular weight excluding hydrogens is 188 g/mol.